The van der Waals surface area contributed by atoms with E-state index in [4.69, 9.17) is 0 Å². The van der Waals surface area contributed by atoms with E-state index < -0.39 is 23.3 Å². The van der Waals surface area contributed by atoms with E-state index in [1.54, 1.807) is 12.1 Å². The number of benzene rings is 2. The van der Waals surface area contributed by atoms with Crippen molar-refractivity contribution >= 4 is 5.78 Å². The Morgan fingerprint density at radius 2 is 1.76 bits per heavy atom. The third-order valence-corrected chi connectivity index (χ3v) is 3.21. The Morgan fingerprint density at radius 1 is 1.10 bits per heavy atom. The number of hydrogen-bond acceptors (Lipinski definition) is 1. The standard InChI is InChI=1S/C16H12F4O/c1-10-4-2-3-5-11(10)9-15(21)12-6-7-14(17)13(8-12)16(18,19)20/h2-8H,9H2,1H3. The van der Waals surface area contributed by atoms with Gasteiger partial charge in [-0.1, -0.05) is 24.3 Å². The van der Waals surface area contributed by atoms with Gasteiger partial charge in [0.25, 0.3) is 0 Å². The minimum absolute atomic E-state index is 0.0183. The van der Waals surface area contributed by atoms with E-state index in [2.05, 4.69) is 0 Å². The Kier molecular flexibility index (Phi) is 4.11. The summed E-state index contributed by atoms with van der Waals surface area (Å²) in [6.07, 6.45) is -4.83. The number of hydrogen-bond donors (Lipinski definition) is 0. The maximum Gasteiger partial charge on any atom is 0.419 e. The molecule has 0 fully saturated rings. The van der Waals surface area contributed by atoms with Gasteiger partial charge in [0.2, 0.25) is 0 Å². The van der Waals surface area contributed by atoms with Gasteiger partial charge in [0.05, 0.1) is 5.56 Å². The zero-order valence-electron chi connectivity index (χ0n) is 11.2. The molecular weight excluding hydrogens is 284 g/mol. The number of carbonyl (C=O) groups excluding carboxylic acids is 1. The molecule has 0 heterocycles. The summed E-state index contributed by atoms with van der Waals surface area (Å²) in [5, 5.41) is 0. The fourth-order valence-electron chi connectivity index (χ4n) is 2.00. The molecule has 0 aliphatic heterocycles. The predicted molar refractivity (Wildman–Crippen MR) is 70.6 cm³/mol. The van der Waals surface area contributed by atoms with Gasteiger partial charge in [-0.2, -0.15) is 13.2 Å². The SMILES string of the molecule is Cc1ccccc1CC(=O)c1ccc(F)c(C(F)(F)F)c1. The lowest BCUT2D eigenvalue weighted by Gasteiger charge is -2.10. The maximum atomic E-state index is 13.2. The summed E-state index contributed by atoms with van der Waals surface area (Å²) in [6.45, 7) is 1.81. The van der Waals surface area contributed by atoms with Gasteiger partial charge >= 0.3 is 6.18 Å². The van der Waals surface area contributed by atoms with Gasteiger partial charge < -0.3 is 0 Å². The Morgan fingerprint density at radius 3 is 2.38 bits per heavy atom. The van der Waals surface area contributed by atoms with Crippen LogP contribution in [0.4, 0.5) is 17.6 Å². The molecule has 2 aromatic carbocycles. The van der Waals surface area contributed by atoms with Crippen LogP contribution in [0.5, 0.6) is 0 Å². The number of rotatable bonds is 3. The van der Waals surface area contributed by atoms with Gasteiger partial charge in [0.15, 0.2) is 5.78 Å². The molecule has 2 aromatic rings. The van der Waals surface area contributed by atoms with Crippen molar-refractivity contribution in [3.8, 4) is 0 Å². The van der Waals surface area contributed by atoms with Crippen LogP contribution in [0.1, 0.15) is 27.0 Å². The molecule has 0 aliphatic rings. The molecule has 0 spiro atoms. The van der Waals surface area contributed by atoms with Crippen molar-refractivity contribution < 1.29 is 22.4 Å². The van der Waals surface area contributed by atoms with Gasteiger partial charge in [-0.05, 0) is 36.2 Å². The molecular formula is C16H12F4O. The summed E-state index contributed by atoms with van der Waals surface area (Å²) in [5.74, 6) is -1.86. The van der Waals surface area contributed by atoms with Crippen LogP contribution in [-0.4, -0.2) is 5.78 Å². The molecule has 2 rings (SSSR count). The van der Waals surface area contributed by atoms with E-state index in [9.17, 15) is 22.4 Å². The van der Waals surface area contributed by atoms with Crippen LogP contribution in [0.2, 0.25) is 0 Å². The minimum Gasteiger partial charge on any atom is -0.294 e. The fourth-order valence-corrected chi connectivity index (χ4v) is 2.00. The number of aryl methyl sites for hydroxylation is 1. The van der Waals surface area contributed by atoms with Crippen LogP contribution in [-0.2, 0) is 12.6 Å². The third kappa shape index (κ3) is 3.48. The van der Waals surface area contributed by atoms with Crippen molar-refractivity contribution in [3.05, 3.63) is 70.5 Å². The molecule has 0 aromatic heterocycles. The third-order valence-electron chi connectivity index (χ3n) is 3.21. The van der Waals surface area contributed by atoms with E-state index in [0.717, 1.165) is 17.2 Å². The van der Waals surface area contributed by atoms with Crippen LogP contribution < -0.4 is 0 Å². The van der Waals surface area contributed by atoms with Crippen LogP contribution in [0.3, 0.4) is 0 Å². The lowest BCUT2D eigenvalue weighted by Crippen LogP contribution is -2.11. The molecule has 110 valence electrons. The monoisotopic (exact) mass is 296 g/mol. The average molecular weight is 296 g/mol. The number of carbonyl (C=O) groups is 1. The van der Waals surface area contributed by atoms with Crippen LogP contribution in [0.25, 0.3) is 0 Å². The number of alkyl halides is 3. The molecule has 21 heavy (non-hydrogen) atoms. The van der Waals surface area contributed by atoms with Gasteiger partial charge in [-0.15, -0.1) is 0 Å². The van der Waals surface area contributed by atoms with Crippen molar-refractivity contribution in [2.75, 3.05) is 0 Å². The molecule has 0 N–H and O–H groups in total. The Bertz CT molecular complexity index is 674. The zero-order valence-corrected chi connectivity index (χ0v) is 11.2. The number of Topliss-reactive ketones (excluding diaryl/α,β-unsaturated/α-hetero) is 1. The smallest absolute Gasteiger partial charge is 0.294 e. The summed E-state index contributed by atoms with van der Waals surface area (Å²) < 4.78 is 51.1. The molecule has 1 nitrogen and oxygen atoms in total. The van der Waals surface area contributed by atoms with E-state index in [0.29, 0.717) is 12.1 Å². The molecule has 0 radical (unpaired) electrons. The summed E-state index contributed by atoms with van der Waals surface area (Å²) in [7, 11) is 0. The molecule has 0 atom stereocenters. The first-order chi connectivity index (χ1) is 9.79. The first kappa shape index (κ1) is 15.2. The summed E-state index contributed by atoms with van der Waals surface area (Å²) in [6, 6.07) is 9.43. The van der Waals surface area contributed by atoms with Gasteiger partial charge in [-0.25, -0.2) is 4.39 Å². The lowest BCUT2D eigenvalue weighted by molar-refractivity contribution is -0.140. The molecule has 0 unspecified atom stereocenters. The maximum absolute atomic E-state index is 13.2. The van der Waals surface area contributed by atoms with E-state index in [1.165, 1.54) is 0 Å². The summed E-state index contributed by atoms with van der Waals surface area (Å²) in [4.78, 5) is 12.1. The van der Waals surface area contributed by atoms with Crippen molar-refractivity contribution in [3.63, 3.8) is 0 Å². The Hall–Kier alpha value is -2.17. The normalized spacial score (nSPS) is 11.5. The quantitative estimate of drug-likeness (QED) is 0.598. The van der Waals surface area contributed by atoms with E-state index >= 15 is 0 Å². The second-order valence-corrected chi connectivity index (χ2v) is 4.72. The predicted octanol–water partition coefficient (Wildman–Crippen LogP) is 4.58. The highest BCUT2D eigenvalue weighted by molar-refractivity contribution is 5.97. The number of halogens is 4. The molecule has 5 heteroatoms. The zero-order chi connectivity index (χ0) is 15.6. The summed E-state index contributed by atoms with van der Waals surface area (Å²) in [5.41, 5.74) is 0.0505. The first-order valence-corrected chi connectivity index (χ1v) is 6.23. The van der Waals surface area contributed by atoms with Crippen molar-refractivity contribution in [1.82, 2.24) is 0 Å². The van der Waals surface area contributed by atoms with Crippen LogP contribution in [0, 0.1) is 12.7 Å². The largest absolute Gasteiger partial charge is 0.419 e. The molecule has 0 saturated heterocycles. The number of ketones is 1. The van der Waals surface area contributed by atoms with Crippen LogP contribution in [0.15, 0.2) is 42.5 Å². The van der Waals surface area contributed by atoms with Crippen LogP contribution >= 0.6 is 0 Å². The molecule has 0 bridgehead atoms. The van der Waals surface area contributed by atoms with Crippen molar-refractivity contribution in [1.29, 1.82) is 0 Å². The summed E-state index contributed by atoms with van der Waals surface area (Å²) >= 11 is 0. The average Bonchev–Trinajstić information content (AvgIpc) is 2.40. The Labute approximate surface area is 119 Å². The minimum atomic E-state index is -4.82. The second-order valence-electron chi connectivity index (χ2n) is 4.72. The van der Waals surface area contributed by atoms with Crippen molar-refractivity contribution in [2.45, 2.75) is 19.5 Å². The fraction of sp³-hybridized carbons (Fsp3) is 0.188. The second kappa shape index (κ2) is 5.68. The highest BCUT2D eigenvalue weighted by Gasteiger charge is 2.34. The van der Waals surface area contributed by atoms with Gasteiger partial charge in [-0.3, -0.25) is 4.79 Å². The van der Waals surface area contributed by atoms with E-state index in [-0.39, 0.29) is 12.0 Å². The first-order valence-electron chi connectivity index (χ1n) is 6.23. The van der Waals surface area contributed by atoms with Crippen molar-refractivity contribution in [2.24, 2.45) is 0 Å². The Balaban J connectivity index is 2.31. The molecule has 0 saturated carbocycles. The molecule has 0 aliphatic carbocycles. The lowest BCUT2D eigenvalue weighted by atomic mass is 9.98. The highest BCUT2D eigenvalue weighted by Crippen LogP contribution is 2.32. The highest BCUT2D eigenvalue weighted by atomic mass is 19.4. The van der Waals surface area contributed by atoms with Gasteiger partial charge in [0.1, 0.15) is 5.82 Å². The van der Waals surface area contributed by atoms with E-state index in [1.807, 2.05) is 19.1 Å². The van der Waals surface area contributed by atoms with Gasteiger partial charge in [0, 0.05) is 12.0 Å². The molecule has 0 amide bonds. The topological polar surface area (TPSA) is 17.1 Å².